The molecule has 0 spiro atoms. The van der Waals surface area contributed by atoms with Crippen LogP contribution < -0.4 is 16.4 Å². The predicted octanol–water partition coefficient (Wildman–Crippen LogP) is 1.69. The maximum atomic E-state index is 5.56. The van der Waals surface area contributed by atoms with E-state index < -0.39 is 0 Å². The average molecular weight is 237 g/mol. The van der Waals surface area contributed by atoms with Crippen molar-refractivity contribution in [3.63, 3.8) is 0 Å². The fraction of sp³-hybridized carbons (Fsp3) is 0.667. The zero-order valence-electron chi connectivity index (χ0n) is 11.1. The fourth-order valence-corrected chi connectivity index (χ4v) is 1.27. The molecule has 17 heavy (non-hydrogen) atoms. The van der Waals surface area contributed by atoms with Gasteiger partial charge in [0.15, 0.2) is 0 Å². The van der Waals surface area contributed by atoms with Crippen LogP contribution in [0.1, 0.15) is 27.7 Å². The standard InChI is InChI=1S/C12H23N5/c1-9(6-13)7-14-10-5-11(16-8-15-10)17-12(2,3)4/h5,8-9H,6-7,13H2,1-4H3,(H2,14,15,16,17). The molecule has 0 bridgehead atoms. The number of rotatable bonds is 5. The highest BCUT2D eigenvalue weighted by Gasteiger charge is 2.10. The van der Waals surface area contributed by atoms with Gasteiger partial charge >= 0.3 is 0 Å². The molecule has 0 aliphatic heterocycles. The summed E-state index contributed by atoms with van der Waals surface area (Å²) in [5.41, 5.74) is 5.56. The van der Waals surface area contributed by atoms with Gasteiger partial charge < -0.3 is 16.4 Å². The smallest absolute Gasteiger partial charge is 0.131 e. The van der Waals surface area contributed by atoms with E-state index in [0.717, 1.165) is 18.2 Å². The zero-order chi connectivity index (χ0) is 12.9. The van der Waals surface area contributed by atoms with E-state index in [1.807, 2.05) is 6.07 Å². The molecule has 0 saturated heterocycles. The summed E-state index contributed by atoms with van der Waals surface area (Å²) in [4.78, 5) is 8.36. The molecule has 0 radical (unpaired) electrons. The van der Waals surface area contributed by atoms with E-state index in [9.17, 15) is 0 Å². The lowest BCUT2D eigenvalue weighted by Crippen LogP contribution is -2.27. The Labute approximate surface area is 103 Å². The van der Waals surface area contributed by atoms with Gasteiger partial charge in [0.05, 0.1) is 0 Å². The number of nitrogens with zero attached hydrogens (tertiary/aromatic N) is 2. The van der Waals surface area contributed by atoms with E-state index in [1.165, 1.54) is 0 Å². The van der Waals surface area contributed by atoms with E-state index in [-0.39, 0.29) is 5.54 Å². The molecule has 96 valence electrons. The summed E-state index contributed by atoms with van der Waals surface area (Å²) < 4.78 is 0. The van der Waals surface area contributed by atoms with Gasteiger partial charge in [-0.25, -0.2) is 9.97 Å². The molecule has 1 aromatic heterocycles. The molecule has 0 aliphatic rings. The maximum Gasteiger partial charge on any atom is 0.131 e. The summed E-state index contributed by atoms with van der Waals surface area (Å²) in [6.45, 7) is 9.88. The number of aromatic nitrogens is 2. The van der Waals surface area contributed by atoms with Crippen LogP contribution in [-0.2, 0) is 0 Å². The van der Waals surface area contributed by atoms with Crippen LogP contribution in [0.3, 0.4) is 0 Å². The van der Waals surface area contributed by atoms with Gasteiger partial charge in [-0.3, -0.25) is 0 Å². The average Bonchev–Trinajstić information content (AvgIpc) is 2.24. The maximum absolute atomic E-state index is 5.56. The molecule has 0 aromatic carbocycles. The van der Waals surface area contributed by atoms with Gasteiger partial charge in [0, 0.05) is 18.2 Å². The lowest BCUT2D eigenvalue weighted by atomic mass is 10.1. The summed E-state index contributed by atoms with van der Waals surface area (Å²) in [6, 6.07) is 1.91. The molecule has 1 heterocycles. The third-order valence-electron chi connectivity index (χ3n) is 2.20. The van der Waals surface area contributed by atoms with Crippen LogP contribution in [0.2, 0.25) is 0 Å². The zero-order valence-corrected chi connectivity index (χ0v) is 11.1. The first-order chi connectivity index (χ1) is 7.90. The Balaban J connectivity index is 2.60. The molecule has 0 aliphatic carbocycles. The lowest BCUT2D eigenvalue weighted by Gasteiger charge is -2.21. The fourth-order valence-electron chi connectivity index (χ4n) is 1.27. The van der Waals surface area contributed by atoms with Crippen molar-refractivity contribution in [1.82, 2.24) is 9.97 Å². The highest BCUT2D eigenvalue weighted by molar-refractivity contribution is 5.47. The molecule has 1 aromatic rings. The molecule has 1 rings (SSSR count). The molecule has 0 saturated carbocycles. The third kappa shape index (κ3) is 5.49. The molecule has 5 heteroatoms. The first kappa shape index (κ1) is 13.7. The van der Waals surface area contributed by atoms with Crippen LogP contribution in [0.4, 0.5) is 11.6 Å². The molecule has 0 amide bonds. The molecular formula is C12H23N5. The Morgan fingerprint density at radius 3 is 2.53 bits per heavy atom. The highest BCUT2D eigenvalue weighted by Crippen LogP contribution is 2.14. The van der Waals surface area contributed by atoms with Gasteiger partial charge in [-0.2, -0.15) is 0 Å². The Hall–Kier alpha value is -1.36. The van der Waals surface area contributed by atoms with Crippen LogP contribution in [0, 0.1) is 5.92 Å². The van der Waals surface area contributed by atoms with E-state index in [4.69, 9.17) is 5.73 Å². The molecule has 0 fully saturated rings. The van der Waals surface area contributed by atoms with Crippen molar-refractivity contribution in [3.05, 3.63) is 12.4 Å². The van der Waals surface area contributed by atoms with Crippen molar-refractivity contribution in [1.29, 1.82) is 0 Å². The minimum Gasteiger partial charge on any atom is -0.370 e. The predicted molar refractivity (Wildman–Crippen MR) is 72.1 cm³/mol. The molecule has 1 unspecified atom stereocenters. The Morgan fingerprint density at radius 1 is 1.29 bits per heavy atom. The number of nitrogens with two attached hydrogens (primary N) is 1. The summed E-state index contributed by atoms with van der Waals surface area (Å²) in [5, 5.41) is 6.56. The van der Waals surface area contributed by atoms with Crippen molar-refractivity contribution in [3.8, 4) is 0 Å². The summed E-state index contributed by atoms with van der Waals surface area (Å²) in [6.07, 6.45) is 1.56. The van der Waals surface area contributed by atoms with Crippen molar-refractivity contribution in [2.24, 2.45) is 11.7 Å². The minimum absolute atomic E-state index is 0.00380. The monoisotopic (exact) mass is 237 g/mol. The molecule has 4 N–H and O–H groups in total. The second kappa shape index (κ2) is 5.82. The van der Waals surface area contributed by atoms with Crippen LogP contribution in [0.25, 0.3) is 0 Å². The van der Waals surface area contributed by atoms with Crippen molar-refractivity contribution in [2.45, 2.75) is 33.2 Å². The third-order valence-corrected chi connectivity index (χ3v) is 2.20. The molecule has 5 nitrogen and oxygen atoms in total. The number of hydrogen-bond donors (Lipinski definition) is 3. The first-order valence-corrected chi connectivity index (χ1v) is 5.95. The van der Waals surface area contributed by atoms with Crippen LogP contribution in [-0.4, -0.2) is 28.6 Å². The van der Waals surface area contributed by atoms with Crippen molar-refractivity contribution < 1.29 is 0 Å². The number of hydrogen-bond acceptors (Lipinski definition) is 5. The summed E-state index contributed by atoms with van der Waals surface area (Å²) >= 11 is 0. The Bertz CT molecular complexity index is 345. The van der Waals surface area contributed by atoms with Gasteiger partial charge in [-0.1, -0.05) is 6.92 Å². The first-order valence-electron chi connectivity index (χ1n) is 5.95. The topological polar surface area (TPSA) is 75.9 Å². The normalized spacial score (nSPS) is 13.2. The second-order valence-corrected chi connectivity index (χ2v) is 5.39. The SMILES string of the molecule is CC(CN)CNc1cc(NC(C)(C)C)ncn1. The Morgan fingerprint density at radius 2 is 1.94 bits per heavy atom. The Kier molecular flexibility index (Phi) is 4.69. The minimum atomic E-state index is -0.00380. The molecule has 1 atom stereocenters. The largest absolute Gasteiger partial charge is 0.370 e. The van der Waals surface area contributed by atoms with Crippen molar-refractivity contribution >= 4 is 11.6 Å². The highest BCUT2D eigenvalue weighted by atomic mass is 15.1. The van der Waals surface area contributed by atoms with Gasteiger partial charge in [-0.05, 0) is 33.2 Å². The van der Waals surface area contributed by atoms with E-state index >= 15 is 0 Å². The number of anilines is 2. The van der Waals surface area contributed by atoms with Crippen molar-refractivity contribution in [2.75, 3.05) is 23.7 Å². The van der Waals surface area contributed by atoms with Gasteiger partial charge in [0.1, 0.15) is 18.0 Å². The van der Waals surface area contributed by atoms with E-state index in [0.29, 0.717) is 12.5 Å². The quantitative estimate of drug-likeness (QED) is 0.726. The van der Waals surface area contributed by atoms with Gasteiger partial charge in [0.2, 0.25) is 0 Å². The molecular weight excluding hydrogens is 214 g/mol. The van der Waals surface area contributed by atoms with Gasteiger partial charge in [-0.15, -0.1) is 0 Å². The summed E-state index contributed by atoms with van der Waals surface area (Å²) in [5.74, 6) is 2.09. The van der Waals surface area contributed by atoms with Crippen LogP contribution in [0.5, 0.6) is 0 Å². The van der Waals surface area contributed by atoms with Gasteiger partial charge in [0.25, 0.3) is 0 Å². The number of nitrogens with one attached hydrogen (secondary N) is 2. The summed E-state index contributed by atoms with van der Waals surface area (Å²) in [7, 11) is 0. The lowest BCUT2D eigenvalue weighted by molar-refractivity contribution is 0.625. The van der Waals surface area contributed by atoms with E-state index in [2.05, 4.69) is 48.3 Å². The second-order valence-electron chi connectivity index (χ2n) is 5.39. The van der Waals surface area contributed by atoms with Crippen LogP contribution in [0.15, 0.2) is 12.4 Å². The van der Waals surface area contributed by atoms with Crippen LogP contribution >= 0.6 is 0 Å². The van der Waals surface area contributed by atoms with E-state index in [1.54, 1.807) is 6.33 Å².